The predicted molar refractivity (Wildman–Crippen MR) is 101 cm³/mol. The van der Waals surface area contributed by atoms with Crippen molar-refractivity contribution in [2.45, 2.75) is 32.1 Å². The van der Waals surface area contributed by atoms with E-state index >= 15 is 0 Å². The van der Waals surface area contributed by atoms with E-state index in [2.05, 4.69) is 22.4 Å². The second-order valence-corrected chi connectivity index (χ2v) is 6.66. The average Bonchev–Trinajstić information content (AvgIpc) is 3.04. The molecule has 0 saturated carbocycles. The fourth-order valence-corrected chi connectivity index (χ4v) is 3.33. The number of aryl methyl sites for hydroxylation is 1. The molecule has 1 aromatic heterocycles. The van der Waals surface area contributed by atoms with Gasteiger partial charge in [-0.15, -0.1) is 0 Å². The van der Waals surface area contributed by atoms with Gasteiger partial charge in [0.05, 0.1) is 6.61 Å². The highest BCUT2D eigenvalue weighted by molar-refractivity contribution is 5.83. The maximum absolute atomic E-state index is 12.6. The van der Waals surface area contributed by atoms with Gasteiger partial charge in [0, 0.05) is 56.2 Å². The van der Waals surface area contributed by atoms with Crippen molar-refractivity contribution >= 4 is 22.7 Å². The molecule has 1 aliphatic rings. The lowest BCUT2D eigenvalue weighted by Crippen LogP contribution is -2.36. The van der Waals surface area contributed by atoms with E-state index < -0.39 is 0 Å². The standard InChI is InChI=1S/C20H27N3O3/c24-19-9-12-23(11-4-13-26-14-10-21-19)20(25)8-3-5-16-15-22-18-7-2-1-6-17(16)18/h1-2,6-7,15,22H,3-5,8-14H2,(H,21,24). The van der Waals surface area contributed by atoms with E-state index in [0.29, 0.717) is 45.7 Å². The quantitative estimate of drug-likeness (QED) is 0.881. The molecular formula is C20H27N3O3. The number of amides is 2. The molecule has 26 heavy (non-hydrogen) atoms. The minimum absolute atomic E-state index is 0.0212. The van der Waals surface area contributed by atoms with Crippen molar-refractivity contribution in [1.29, 1.82) is 0 Å². The maximum Gasteiger partial charge on any atom is 0.222 e. The van der Waals surface area contributed by atoms with Gasteiger partial charge in [-0.3, -0.25) is 9.59 Å². The largest absolute Gasteiger partial charge is 0.380 e. The van der Waals surface area contributed by atoms with Crippen LogP contribution in [0.4, 0.5) is 0 Å². The van der Waals surface area contributed by atoms with Gasteiger partial charge in [0.25, 0.3) is 0 Å². The van der Waals surface area contributed by atoms with Gasteiger partial charge in [-0.05, 0) is 30.9 Å². The first kappa shape index (κ1) is 18.5. The van der Waals surface area contributed by atoms with Crippen molar-refractivity contribution in [3.63, 3.8) is 0 Å². The van der Waals surface area contributed by atoms with E-state index in [1.54, 1.807) is 0 Å². The zero-order valence-electron chi connectivity index (χ0n) is 15.1. The molecule has 3 rings (SSSR count). The number of H-pyrrole nitrogens is 1. The number of nitrogens with zero attached hydrogens (tertiary/aromatic N) is 1. The van der Waals surface area contributed by atoms with E-state index in [-0.39, 0.29) is 11.8 Å². The molecule has 1 saturated heterocycles. The molecule has 1 aliphatic heterocycles. The number of para-hydroxylation sites is 1. The molecule has 0 bridgehead atoms. The number of benzene rings is 1. The Morgan fingerprint density at radius 2 is 2.08 bits per heavy atom. The van der Waals surface area contributed by atoms with Gasteiger partial charge in [0.2, 0.25) is 11.8 Å². The van der Waals surface area contributed by atoms with Crippen LogP contribution in [0.2, 0.25) is 0 Å². The van der Waals surface area contributed by atoms with Crippen LogP contribution in [0.5, 0.6) is 0 Å². The Bertz CT molecular complexity index is 741. The zero-order chi connectivity index (χ0) is 18.2. The van der Waals surface area contributed by atoms with Gasteiger partial charge >= 0.3 is 0 Å². The number of aromatic nitrogens is 1. The second-order valence-electron chi connectivity index (χ2n) is 6.66. The summed E-state index contributed by atoms with van der Waals surface area (Å²) in [4.78, 5) is 29.4. The van der Waals surface area contributed by atoms with E-state index in [1.807, 2.05) is 23.2 Å². The molecule has 2 heterocycles. The van der Waals surface area contributed by atoms with Crippen molar-refractivity contribution < 1.29 is 14.3 Å². The first-order valence-electron chi connectivity index (χ1n) is 9.41. The van der Waals surface area contributed by atoms with Crippen LogP contribution < -0.4 is 5.32 Å². The summed E-state index contributed by atoms with van der Waals surface area (Å²) in [5.74, 6) is 0.101. The number of aromatic amines is 1. The van der Waals surface area contributed by atoms with Crippen LogP contribution in [0, 0.1) is 0 Å². The summed E-state index contributed by atoms with van der Waals surface area (Å²) in [5, 5.41) is 4.04. The van der Waals surface area contributed by atoms with Gasteiger partial charge in [-0.25, -0.2) is 0 Å². The summed E-state index contributed by atoms with van der Waals surface area (Å²) >= 11 is 0. The van der Waals surface area contributed by atoms with Crippen LogP contribution in [0.1, 0.15) is 31.2 Å². The smallest absolute Gasteiger partial charge is 0.222 e. The Hall–Kier alpha value is -2.34. The molecule has 0 unspecified atom stereocenters. The monoisotopic (exact) mass is 357 g/mol. The number of carbonyl (C=O) groups excluding carboxylic acids is 2. The molecular weight excluding hydrogens is 330 g/mol. The molecule has 1 fully saturated rings. The third-order valence-electron chi connectivity index (χ3n) is 4.76. The molecule has 6 nitrogen and oxygen atoms in total. The number of hydrogen-bond acceptors (Lipinski definition) is 3. The average molecular weight is 357 g/mol. The topological polar surface area (TPSA) is 74.4 Å². The predicted octanol–water partition coefficient (Wildman–Crippen LogP) is 2.25. The number of rotatable bonds is 4. The summed E-state index contributed by atoms with van der Waals surface area (Å²) in [6.07, 6.45) is 5.37. The Balaban J connectivity index is 1.51. The summed E-state index contributed by atoms with van der Waals surface area (Å²) in [7, 11) is 0. The maximum atomic E-state index is 12.6. The Labute approximate surface area is 153 Å². The van der Waals surface area contributed by atoms with Crippen LogP contribution in [0.25, 0.3) is 10.9 Å². The van der Waals surface area contributed by atoms with Gasteiger partial charge in [0.1, 0.15) is 0 Å². The lowest BCUT2D eigenvalue weighted by molar-refractivity contribution is -0.132. The Morgan fingerprint density at radius 1 is 1.19 bits per heavy atom. The highest BCUT2D eigenvalue weighted by atomic mass is 16.5. The minimum atomic E-state index is -0.0212. The van der Waals surface area contributed by atoms with Crippen LogP contribution >= 0.6 is 0 Å². The van der Waals surface area contributed by atoms with Gasteiger partial charge in [0.15, 0.2) is 0 Å². The number of carbonyl (C=O) groups is 2. The first-order valence-corrected chi connectivity index (χ1v) is 9.41. The van der Waals surface area contributed by atoms with Crippen LogP contribution in [0.15, 0.2) is 30.5 Å². The molecule has 2 N–H and O–H groups in total. The summed E-state index contributed by atoms with van der Waals surface area (Å²) in [6, 6.07) is 8.22. The molecule has 2 amide bonds. The van der Waals surface area contributed by atoms with Crippen LogP contribution in [-0.2, 0) is 20.7 Å². The Kier molecular flexibility index (Phi) is 6.66. The van der Waals surface area contributed by atoms with Crippen LogP contribution in [-0.4, -0.2) is 54.5 Å². The molecule has 0 atom stereocenters. The second kappa shape index (κ2) is 9.38. The highest BCUT2D eigenvalue weighted by Crippen LogP contribution is 2.19. The molecule has 140 valence electrons. The number of nitrogens with one attached hydrogen (secondary N) is 2. The summed E-state index contributed by atoms with van der Waals surface area (Å²) in [5.41, 5.74) is 2.38. The highest BCUT2D eigenvalue weighted by Gasteiger charge is 2.15. The van der Waals surface area contributed by atoms with Crippen molar-refractivity contribution in [2.24, 2.45) is 0 Å². The molecule has 6 heteroatoms. The molecule has 0 radical (unpaired) electrons. The Morgan fingerprint density at radius 3 is 3.00 bits per heavy atom. The fourth-order valence-electron chi connectivity index (χ4n) is 3.33. The van der Waals surface area contributed by atoms with Crippen molar-refractivity contribution in [3.8, 4) is 0 Å². The third-order valence-corrected chi connectivity index (χ3v) is 4.76. The molecule has 0 spiro atoms. The zero-order valence-corrected chi connectivity index (χ0v) is 15.1. The first-order chi connectivity index (χ1) is 12.7. The van der Waals surface area contributed by atoms with E-state index in [0.717, 1.165) is 24.8 Å². The SMILES string of the molecule is O=C1CCN(C(=O)CCCc2c[nH]c3ccccc23)CCCOCCN1. The van der Waals surface area contributed by atoms with E-state index in [4.69, 9.17) is 4.74 Å². The summed E-state index contributed by atoms with van der Waals surface area (Å²) in [6.45, 7) is 2.83. The molecule has 2 aromatic rings. The van der Waals surface area contributed by atoms with Crippen molar-refractivity contribution in [1.82, 2.24) is 15.2 Å². The lowest BCUT2D eigenvalue weighted by Gasteiger charge is -2.22. The minimum Gasteiger partial charge on any atom is -0.380 e. The third kappa shape index (κ3) is 5.08. The number of hydrogen-bond donors (Lipinski definition) is 2. The fraction of sp³-hybridized carbons (Fsp3) is 0.500. The lowest BCUT2D eigenvalue weighted by atomic mass is 10.1. The van der Waals surface area contributed by atoms with Gasteiger partial charge in [-0.1, -0.05) is 18.2 Å². The van der Waals surface area contributed by atoms with E-state index in [1.165, 1.54) is 10.9 Å². The van der Waals surface area contributed by atoms with Gasteiger partial charge < -0.3 is 19.9 Å². The van der Waals surface area contributed by atoms with E-state index in [9.17, 15) is 9.59 Å². The number of ether oxygens (including phenoxy) is 1. The molecule has 1 aromatic carbocycles. The van der Waals surface area contributed by atoms with Gasteiger partial charge in [-0.2, -0.15) is 0 Å². The molecule has 0 aliphatic carbocycles. The number of fused-ring (bicyclic) bond motifs is 1. The van der Waals surface area contributed by atoms with Crippen molar-refractivity contribution in [3.05, 3.63) is 36.0 Å². The van der Waals surface area contributed by atoms with Crippen molar-refractivity contribution in [2.75, 3.05) is 32.8 Å². The normalized spacial score (nSPS) is 16.9. The summed E-state index contributed by atoms with van der Waals surface area (Å²) < 4.78 is 5.46. The van der Waals surface area contributed by atoms with Crippen LogP contribution in [0.3, 0.4) is 0 Å².